The van der Waals surface area contributed by atoms with Crippen LogP contribution in [0.5, 0.6) is 0 Å². The molecule has 0 aromatic carbocycles. The van der Waals surface area contributed by atoms with Crippen LogP contribution in [-0.2, 0) is 6.42 Å². The molecule has 2 N–H and O–H groups in total. The molecule has 2 rings (SSSR count). The zero-order valence-electron chi connectivity index (χ0n) is 8.34. The van der Waals surface area contributed by atoms with Crippen molar-refractivity contribution >= 4 is 5.78 Å². The summed E-state index contributed by atoms with van der Waals surface area (Å²) in [5, 5.41) is 10.3. The summed E-state index contributed by atoms with van der Waals surface area (Å²) in [5.41, 5.74) is 1.59. The molecule has 0 bridgehead atoms. The summed E-state index contributed by atoms with van der Waals surface area (Å²) in [6, 6.07) is 2.40. The second kappa shape index (κ2) is 3.92. The van der Waals surface area contributed by atoms with Crippen molar-refractivity contribution in [3.05, 3.63) is 17.5 Å². The van der Waals surface area contributed by atoms with Crippen LogP contribution in [0.1, 0.15) is 35.9 Å². The van der Waals surface area contributed by atoms with E-state index in [1.165, 1.54) is 19.8 Å². The summed E-state index contributed by atoms with van der Waals surface area (Å²) in [5.74, 6) is 0.0203. The first kappa shape index (κ1) is 9.40. The van der Waals surface area contributed by atoms with Gasteiger partial charge in [-0.3, -0.25) is 9.89 Å². The average Bonchev–Trinajstić information content (AvgIpc) is 2.75. The van der Waals surface area contributed by atoms with E-state index in [2.05, 4.69) is 15.5 Å². The summed E-state index contributed by atoms with van der Waals surface area (Å²) in [6.45, 7) is 2.64. The molecule has 1 aliphatic heterocycles. The van der Waals surface area contributed by atoms with E-state index in [4.69, 9.17) is 0 Å². The van der Waals surface area contributed by atoms with Crippen molar-refractivity contribution in [1.82, 2.24) is 15.5 Å². The Kier molecular flexibility index (Phi) is 2.63. The number of carbonyl (C=O) groups is 1. The maximum atomic E-state index is 11.0. The third kappa shape index (κ3) is 2.01. The summed E-state index contributed by atoms with van der Waals surface area (Å²) < 4.78 is 0. The highest BCUT2D eigenvalue weighted by atomic mass is 16.1. The summed E-state index contributed by atoms with van der Waals surface area (Å²) in [4.78, 5) is 11.0. The van der Waals surface area contributed by atoms with Crippen molar-refractivity contribution < 1.29 is 4.79 Å². The van der Waals surface area contributed by atoms with Crippen molar-refractivity contribution in [3.63, 3.8) is 0 Å². The first-order valence-corrected chi connectivity index (χ1v) is 5.04. The fourth-order valence-corrected chi connectivity index (χ4v) is 1.84. The third-order valence-electron chi connectivity index (χ3n) is 2.62. The van der Waals surface area contributed by atoms with Crippen molar-refractivity contribution in [2.75, 3.05) is 6.54 Å². The molecule has 0 aliphatic carbocycles. The number of rotatable bonds is 3. The van der Waals surface area contributed by atoms with Crippen molar-refractivity contribution in [2.24, 2.45) is 0 Å². The number of nitrogens with one attached hydrogen (secondary N) is 2. The first-order valence-electron chi connectivity index (χ1n) is 5.04. The number of ketones is 1. The lowest BCUT2D eigenvalue weighted by Crippen LogP contribution is -2.23. The Balaban J connectivity index is 1.98. The van der Waals surface area contributed by atoms with Gasteiger partial charge in [0.25, 0.3) is 0 Å². The maximum absolute atomic E-state index is 11.0. The third-order valence-corrected chi connectivity index (χ3v) is 2.62. The Hall–Kier alpha value is -1.16. The molecular weight excluding hydrogens is 178 g/mol. The SMILES string of the molecule is CC(=O)c1cc(CC2CCCN2)[nH]n1. The van der Waals surface area contributed by atoms with Gasteiger partial charge in [-0.25, -0.2) is 0 Å². The van der Waals surface area contributed by atoms with E-state index in [9.17, 15) is 4.79 Å². The zero-order chi connectivity index (χ0) is 9.97. The highest BCUT2D eigenvalue weighted by Gasteiger charge is 2.16. The Morgan fingerprint density at radius 1 is 1.71 bits per heavy atom. The molecule has 0 radical (unpaired) electrons. The minimum absolute atomic E-state index is 0.0203. The predicted octanol–water partition coefficient (Wildman–Crippen LogP) is 0.907. The van der Waals surface area contributed by atoms with Crippen LogP contribution in [0.3, 0.4) is 0 Å². The molecule has 1 fully saturated rings. The molecular formula is C10H15N3O. The van der Waals surface area contributed by atoms with Crippen LogP contribution >= 0.6 is 0 Å². The van der Waals surface area contributed by atoms with E-state index < -0.39 is 0 Å². The van der Waals surface area contributed by atoms with Gasteiger partial charge in [-0.1, -0.05) is 0 Å². The average molecular weight is 193 g/mol. The first-order chi connectivity index (χ1) is 6.75. The van der Waals surface area contributed by atoms with E-state index in [1.807, 2.05) is 6.07 Å². The number of carbonyl (C=O) groups excluding carboxylic acids is 1. The van der Waals surface area contributed by atoms with Gasteiger partial charge in [0, 0.05) is 25.1 Å². The van der Waals surface area contributed by atoms with E-state index in [0.29, 0.717) is 11.7 Å². The summed E-state index contributed by atoms with van der Waals surface area (Å²) >= 11 is 0. The maximum Gasteiger partial charge on any atom is 0.179 e. The number of nitrogens with zero attached hydrogens (tertiary/aromatic N) is 1. The molecule has 0 spiro atoms. The Bertz CT molecular complexity index is 326. The zero-order valence-corrected chi connectivity index (χ0v) is 8.34. The molecule has 1 atom stereocenters. The fraction of sp³-hybridized carbons (Fsp3) is 0.600. The molecule has 0 saturated carbocycles. The Labute approximate surface area is 83.1 Å². The highest BCUT2D eigenvalue weighted by Crippen LogP contribution is 2.11. The Morgan fingerprint density at radius 3 is 3.14 bits per heavy atom. The lowest BCUT2D eigenvalue weighted by Gasteiger charge is -2.06. The standard InChI is InChI=1S/C10H15N3O/c1-7(14)10-6-9(12-13-10)5-8-3-2-4-11-8/h6,8,11H,2-5H2,1H3,(H,12,13). The second-order valence-corrected chi connectivity index (χ2v) is 3.83. The topological polar surface area (TPSA) is 57.8 Å². The van der Waals surface area contributed by atoms with Crippen LogP contribution in [0.2, 0.25) is 0 Å². The van der Waals surface area contributed by atoms with Gasteiger partial charge in [0.15, 0.2) is 5.78 Å². The van der Waals surface area contributed by atoms with E-state index in [0.717, 1.165) is 18.7 Å². The van der Waals surface area contributed by atoms with Gasteiger partial charge in [0.1, 0.15) is 5.69 Å². The molecule has 1 unspecified atom stereocenters. The fourth-order valence-electron chi connectivity index (χ4n) is 1.84. The van der Waals surface area contributed by atoms with Crippen molar-refractivity contribution in [1.29, 1.82) is 0 Å². The smallest absolute Gasteiger partial charge is 0.179 e. The van der Waals surface area contributed by atoms with Gasteiger partial charge in [-0.05, 0) is 25.5 Å². The van der Waals surface area contributed by atoms with Crippen LogP contribution in [0.25, 0.3) is 0 Å². The molecule has 4 heteroatoms. The van der Waals surface area contributed by atoms with Crippen molar-refractivity contribution in [2.45, 2.75) is 32.2 Å². The highest BCUT2D eigenvalue weighted by molar-refractivity contribution is 5.92. The number of H-pyrrole nitrogens is 1. The molecule has 1 saturated heterocycles. The summed E-state index contributed by atoms with van der Waals surface area (Å²) in [7, 11) is 0. The monoisotopic (exact) mass is 193 g/mol. The van der Waals surface area contributed by atoms with Crippen LogP contribution in [0, 0.1) is 0 Å². The van der Waals surface area contributed by atoms with Crippen molar-refractivity contribution in [3.8, 4) is 0 Å². The number of hydrogen-bond acceptors (Lipinski definition) is 3. The normalized spacial score (nSPS) is 21.4. The van der Waals surface area contributed by atoms with E-state index in [1.54, 1.807) is 0 Å². The molecule has 2 heterocycles. The number of aromatic amines is 1. The van der Waals surface area contributed by atoms with Gasteiger partial charge in [0.05, 0.1) is 0 Å². The minimum Gasteiger partial charge on any atom is -0.314 e. The number of hydrogen-bond donors (Lipinski definition) is 2. The van der Waals surface area contributed by atoms with E-state index >= 15 is 0 Å². The number of aromatic nitrogens is 2. The number of Topliss-reactive ketones (excluding diaryl/α,β-unsaturated/α-hetero) is 1. The molecule has 76 valence electrons. The quantitative estimate of drug-likeness (QED) is 0.701. The molecule has 1 aromatic heterocycles. The minimum atomic E-state index is 0.0203. The molecule has 1 aromatic rings. The predicted molar refractivity (Wildman–Crippen MR) is 53.3 cm³/mol. The van der Waals surface area contributed by atoms with Gasteiger partial charge < -0.3 is 5.32 Å². The van der Waals surface area contributed by atoms with Gasteiger partial charge in [0.2, 0.25) is 0 Å². The lowest BCUT2D eigenvalue weighted by atomic mass is 10.1. The van der Waals surface area contributed by atoms with Crippen LogP contribution < -0.4 is 5.32 Å². The molecule has 1 aliphatic rings. The molecule has 14 heavy (non-hydrogen) atoms. The van der Waals surface area contributed by atoms with Gasteiger partial charge in [-0.2, -0.15) is 5.10 Å². The second-order valence-electron chi connectivity index (χ2n) is 3.83. The van der Waals surface area contributed by atoms with Crippen LogP contribution in [0.15, 0.2) is 6.07 Å². The largest absolute Gasteiger partial charge is 0.314 e. The van der Waals surface area contributed by atoms with Gasteiger partial charge in [-0.15, -0.1) is 0 Å². The van der Waals surface area contributed by atoms with Gasteiger partial charge >= 0.3 is 0 Å². The van der Waals surface area contributed by atoms with E-state index in [-0.39, 0.29) is 5.78 Å². The lowest BCUT2D eigenvalue weighted by molar-refractivity contribution is 0.101. The molecule has 0 amide bonds. The summed E-state index contributed by atoms with van der Waals surface area (Å²) in [6.07, 6.45) is 3.41. The van der Waals surface area contributed by atoms with Crippen LogP contribution in [-0.4, -0.2) is 28.6 Å². The molecule has 4 nitrogen and oxygen atoms in total. The van der Waals surface area contributed by atoms with Crippen LogP contribution in [0.4, 0.5) is 0 Å². The Morgan fingerprint density at radius 2 is 2.57 bits per heavy atom.